The maximum absolute atomic E-state index is 13.3. The van der Waals surface area contributed by atoms with E-state index in [4.69, 9.17) is 4.74 Å². The molecule has 1 aliphatic heterocycles. The van der Waals surface area contributed by atoms with Crippen molar-refractivity contribution in [1.82, 2.24) is 0 Å². The first-order valence-electron chi connectivity index (χ1n) is 7.94. The summed E-state index contributed by atoms with van der Waals surface area (Å²) in [5.41, 5.74) is 1.49. The number of benzene rings is 2. The fourth-order valence-electron chi connectivity index (χ4n) is 2.92. The van der Waals surface area contributed by atoms with Gasteiger partial charge in [0.15, 0.2) is 0 Å². The van der Waals surface area contributed by atoms with E-state index in [1.54, 1.807) is 12.1 Å². The number of hydrogen-bond acceptors (Lipinski definition) is 2. The number of urea groups is 1. The zero-order valence-electron chi connectivity index (χ0n) is 14.4. The van der Waals surface area contributed by atoms with E-state index in [1.807, 2.05) is 6.92 Å². The molecule has 0 spiro atoms. The van der Waals surface area contributed by atoms with Gasteiger partial charge in [-0.3, -0.25) is 4.90 Å². The number of carbonyl (C=O) groups excluding carboxylic acids is 1. The summed E-state index contributed by atoms with van der Waals surface area (Å²) < 4.78 is 46.4. The van der Waals surface area contributed by atoms with Gasteiger partial charge in [0.1, 0.15) is 5.75 Å². The van der Waals surface area contributed by atoms with E-state index in [0.717, 1.165) is 20.6 Å². The minimum absolute atomic E-state index is 0.241. The number of anilines is 2. The van der Waals surface area contributed by atoms with Crippen LogP contribution in [0.15, 0.2) is 33.2 Å². The summed E-state index contributed by atoms with van der Waals surface area (Å²) in [7, 11) is 1.20. The fourth-order valence-corrected chi connectivity index (χ4v) is 4.11. The number of hydrogen-bond donors (Lipinski definition) is 1. The van der Waals surface area contributed by atoms with Gasteiger partial charge in [-0.2, -0.15) is 13.2 Å². The molecule has 0 fully saturated rings. The van der Waals surface area contributed by atoms with Crippen molar-refractivity contribution in [2.24, 2.45) is 0 Å². The maximum Gasteiger partial charge on any atom is 0.420 e. The summed E-state index contributed by atoms with van der Waals surface area (Å²) in [6.45, 7) is 2.20. The third-order valence-electron chi connectivity index (χ3n) is 4.38. The molecule has 2 aromatic rings. The number of ether oxygens (including phenoxy) is 1. The van der Waals surface area contributed by atoms with Crippen LogP contribution in [0.2, 0.25) is 0 Å². The van der Waals surface area contributed by atoms with E-state index in [1.165, 1.54) is 18.1 Å². The molecule has 0 aromatic heterocycles. The first kappa shape index (κ1) is 20.0. The SMILES string of the molecule is COc1cc2c(cc1C(F)(F)F)N(C(=O)Nc1cc(Br)c(C)c(Br)c1)CC2. The Hall–Kier alpha value is -1.74. The number of methoxy groups -OCH3 is 1. The highest BCUT2D eigenvalue weighted by atomic mass is 79.9. The van der Waals surface area contributed by atoms with Gasteiger partial charge in [-0.15, -0.1) is 0 Å². The van der Waals surface area contributed by atoms with Crippen molar-refractivity contribution >= 4 is 49.3 Å². The minimum atomic E-state index is -4.57. The molecule has 144 valence electrons. The standard InChI is InChI=1S/C18H15Br2F3N2O2/c1-9-13(19)6-11(7-14(9)20)24-17(26)25-4-3-10-5-16(27-2)12(8-15(10)25)18(21,22)23/h5-8H,3-4H2,1-2H3,(H,24,26). The lowest BCUT2D eigenvalue weighted by atomic mass is 10.1. The monoisotopic (exact) mass is 506 g/mol. The molecule has 4 nitrogen and oxygen atoms in total. The topological polar surface area (TPSA) is 41.6 Å². The van der Waals surface area contributed by atoms with Crippen LogP contribution in [0.5, 0.6) is 5.75 Å². The molecule has 1 N–H and O–H groups in total. The lowest BCUT2D eigenvalue weighted by Gasteiger charge is -2.21. The van der Waals surface area contributed by atoms with Crippen LogP contribution >= 0.6 is 31.9 Å². The van der Waals surface area contributed by atoms with Gasteiger partial charge < -0.3 is 10.1 Å². The molecule has 2 amide bonds. The normalized spacial score (nSPS) is 13.5. The van der Waals surface area contributed by atoms with Crippen LogP contribution in [-0.2, 0) is 12.6 Å². The van der Waals surface area contributed by atoms with E-state index >= 15 is 0 Å². The number of carbonyl (C=O) groups is 1. The zero-order valence-corrected chi connectivity index (χ0v) is 17.5. The molecule has 0 aliphatic carbocycles. The number of halogens is 5. The molecule has 1 aliphatic rings. The van der Waals surface area contributed by atoms with Crippen molar-refractivity contribution in [3.05, 3.63) is 49.9 Å². The first-order chi connectivity index (χ1) is 12.6. The van der Waals surface area contributed by atoms with Gasteiger partial charge in [-0.25, -0.2) is 4.79 Å². The first-order valence-corrected chi connectivity index (χ1v) is 9.52. The van der Waals surface area contributed by atoms with Gasteiger partial charge in [0.05, 0.1) is 12.7 Å². The van der Waals surface area contributed by atoms with E-state index in [-0.39, 0.29) is 11.4 Å². The van der Waals surface area contributed by atoms with Crippen molar-refractivity contribution in [1.29, 1.82) is 0 Å². The molecule has 0 radical (unpaired) electrons. The van der Waals surface area contributed by atoms with Crippen molar-refractivity contribution in [3.8, 4) is 5.75 Å². The largest absolute Gasteiger partial charge is 0.496 e. The highest BCUT2D eigenvalue weighted by Gasteiger charge is 2.37. The maximum atomic E-state index is 13.3. The average Bonchev–Trinajstić information content (AvgIpc) is 3.00. The highest BCUT2D eigenvalue weighted by Crippen LogP contribution is 2.42. The fraction of sp³-hybridized carbons (Fsp3) is 0.278. The Morgan fingerprint density at radius 2 is 1.81 bits per heavy atom. The lowest BCUT2D eigenvalue weighted by Crippen LogP contribution is -2.33. The average molecular weight is 508 g/mol. The predicted molar refractivity (Wildman–Crippen MR) is 105 cm³/mol. The van der Waals surface area contributed by atoms with Crippen LogP contribution < -0.4 is 15.0 Å². The van der Waals surface area contributed by atoms with Crippen molar-refractivity contribution in [2.45, 2.75) is 19.5 Å². The number of nitrogens with zero attached hydrogens (tertiary/aromatic N) is 1. The molecule has 3 rings (SSSR count). The van der Waals surface area contributed by atoms with Crippen molar-refractivity contribution < 1.29 is 22.7 Å². The van der Waals surface area contributed by atoms with E-state index in [0.29, 0.717) is 24.2 Å². The van der Waals surface area contributed by atoms with Gasteiger partial charge in [0.25, 0.3) is 0 Å². The predicted octanol–water partition coefficient (Wildman–Crippen LogP) is 6.14. The van der Waals surface area contributed by atoms with Crippen molar-refractivity contribution in [2.75, 3.05) is 23.9 Å². The van der Waals surface area contributed by atoms with Gasteiger partial charge >= 0.3 is 12.2 Å². The van der Waals surface area contributed by atoms with Crippen LogP contribution in [0, 0.1) is 6.92 Å². The Kier molecular flexibility index (Phi) is 5.45. The Balaban J connectivity index is 1.92. The van der Waals surface area contributed by atoms with Crippen LogP contribution in [-0.4, -0.2) is 19.7 Å². The van der Waals surface area contributed by atoms with E-state index < -0.39 is 17.8 Å². The number of rotatable bonds is 2. The molecular weight excluding hydrogens is 493 g/mol. The summed E-state index contributed by atoms with van der Waals surface area (Å²) in [5.74, 6) is -0.241. The third-order valence-corrected chi connectivity index (χ3v) is 6.03. The molecule has 2 aromatic carbocycles. The summed E-state index contributed by atoms with van der Waals surface area (Å²) in [6.07, 6.45) is -4.11. The molecule has 0 atom stereocenters. The highest BCUT2D eigenvalue weighted by molar-refractivity contribution is 9.11. The molecule has 9 heteroatoms. The van der Waals surface area contributed by atoms with E-state index in [9.17, 15) is 18.0 Å². The minimum Gasteiger partial charge on any atom is -0.496 e. The summed E-state index contributed by atoms with van der Waals surface area (Å²) >= 11 is 6.82. The van der Waals surface area contributed by atoms with Crippen LogP contribution in [0.4, 0.5) is 29.3 Å². The second kappa shape index (κ2) is 7.35. The van der Waals surface area contributed by atoms with Crippen LogP contribution in [0.25, 0.3) is 0 Å². The van der Waals surface area contributed by atoms with Gasteiger partial charge in [0, 0.05) is 26.9 Å². The van der Waals surface area contributed by atoms with Gasteiger partial charge in [-0.1, -0.05) is 31.9 Å². The Morgan fingerprint density at radius 3 is 2.37 bits per heavy atom. The number of fused-ring (bicyclic) bond motifs is 1. The summed E-state index contributed by atoms with van der Waals surface area (Å²) in [5, 5.41) is 2.73. The molecule has 27 heavy (non-hydrogen) atoms. The van der Waals surface area contributed by atoms with Crippen LogP contribution in [0.3, 0.4) is 0 Å². The molecule has 1 heterocycles. The molecule has 0 bridgehead atoms. The number of amides is 2. The molecule has 0 saturated carbocycles. The quantitative estimate of drug-likeness (QED) is 0.530. The Bertz CT molecular complexity index is 893. The third kappa shape index (κ3) is 3.94. The molecular formula is C18H15Br2F3N2O2. The Labute approximate surface area is 170 Å². The summed E-state index contributed by atoms with van der Waals surface area (Å²) in [4.78, 5) is 14.0. The van der Waals surface area contributed by atoms with Gasteiger partial charge in [0.2, 0.25) is 0 Å². The lowest BCUT2D eigenvalue weighted by molar-refractivity contribution is -0.138. The van der Waals surface area contributed by atoms with Crippen molar-refractivity contribution in [3.63, 3.8) is 0 Å². The second-order valence-corrected chi connectivity index (χ2v) is 7.78. The van der Waals surface area contributed by atoms with Crippen LogP contribution in [0.1, 0.15) is 16.7 Å². The molecule has 0 unspecified atom stereocenters. The second-order valence-electron chi connectivity index (χ2n) is 6.08. The van der Waals surface area contributed by atoms with E-state index in [2.05, 4.69) is 37.2 Å². The smallest absolute Gasteiger partial charge is 0.420 e. The number of nitrogens with one attached hydrogen (secondary N) is 1. The molecule has 0 saturated heterocycles. The zero-order chi connectivity index (χ0) is 19.9. The summed E-state index contributed by atoms with van der Waals surface area (Å²) in [6, 6.07) is 5.32. The Morgan fingerprint density at radius 1 is 1.19 bits per heavy atom. The van der Waals surface area contributed by atoms with Gasteiger partial charge in [-0.05, 0) is 48.7 Å². The number of alkyl halides is 3.